The maximum Gasteiger partial charge on any atom is 1.00 e. The predicted octanol–water partition coefficient (Wildman–Crippen LogP) is 4.13. The zero-order valence-corrected chi connectivity index (χ0v) is 25.0. The molecule has 186 valence electrons. The summed E-state index contributed by atoms with van der Waals surface area (Å²) in [4.78, 5) is 0. The number of allylic oxidation sites excluding steroid dienone is 6. The van der Waals surface area contributed by atoms with Crippen LogP contribution in [0.2, 0.25) is 0 Å². The predicted molar refractivity (Wildman–Crippen MR) is 134 cm³/mol. The van der Waals surface area contributed by atoms with Crippen LogP contribution in [0.4, 0.5) is 0 Å². The summed E-state index contributed by atoms with van der Waals surface area (Å²) in [6, 6.07) is 0. The van der Waals surface area contributed by atoms with Gasteiger partial charge in [-0.25, -0.2) is 8.42 Å². The normalized spacial score (nSPS) is 34.4. The third-order valence-electron chi connectivity index (χ3n) is 8.86. The summed E-state index contributed by atoms with van der Waals surface area (Å²) >= 11 is 0. The maximum atomic E-state index is 11.0. The zero-order chi connectivity index (χ0) is 24.4. The molecule has 6 heteroatoms. The van der Waals surface area contributed by atoms with E-state index in [1.54, 1.807) is 0 Å². The Bertz CT molecular complexity index is 917. The van der Waals surface area contributed by atoms with Gasteiger partial charge in [-0.1, -0.05) is 76.6 Å². The van der Waals surface area contributed by atoms with Crippen LogP contribution in [0.25, 0.3) is 0 Å². The van der Waals surface area contributed by atoms with E-state index in [0.717, 1.165) is 17.6 Å². The van der Waals surface area contributed by atoms with Gasteiger partial charge in [-0.3, -0.25) is 4.18 Å². The van der Waals surface area contributed by atoms with E-state index in [9.17, 15) is 13.0 Å². The fraction of sp³-hybridized carbons (Fsp3) is 0.714. The van der Waals surface area contributed by atoms with Gasteiger partial charge in [-0.2, -0.15) is 0 Å². The minimum absolute atomic E-state index is 0. The van der Waals surface area contributed by atoms with Crippen molar-refractivity contribution >= 4 is 10.4 Å². The molecule has 0 unspecified atom stereocenters. The van der Waals surface area contributed by atoms with Crippen LogP contribution in [-0.4, -0.2) is 19.1 Å². The standard InChI is InChI=1S/C28H44O4S.Na/c1-19(2)20(3)9-10-22(5)26-15-16-27-23(8-7-17-28(26,27)6)12-13-24-18-25(14-11-21(24)4)32-33(29,30)31;/h9-10,12-13,19-20,22,25-27H,4,7-8,11,14-18H2,1-3,5-6H3,(H,29,30,31);/q;+1/p-1/b10-9+,23-12+,24-13?;/t20-,22+,25-,26+,27-,28+;/m0./s1. The SMILES string of the molecule is C=C1CC[C@H](OS(=O)(=O)[O-])CC1=C/C=C1\CCC[C@]2(C)[C@@H]([C@H](C)/C=C/[C@H](C)C(C)C)CC[C@@H]12.[Na+]. The molecule has 0 saturated heterocycles. The summed E-state index contributed by atoms with van der Waals surface area (Å²) in [5, 5.41) is 0. The van der Waals surface area contributed by atoms with Gasteiger partial charge < -0.3 is 4.55 Å². The molecule has 0 aliphatic heterocycles. The van der Waals surface area contributed by atoms with Crippen LogP contribution in [-0.2, 0) is 14.6 Å². The Balaban J connectivity index is 0.00000408. The van der Waals surface area contributed by atoms with Crippen LogP contribution in [0.3, 0.4) is 0 Å². The molecule has 3 aliphatic carbocycles. The minimum Gasteiger partial charge on any atom is -0.726 e. The molecule has 0 radical (unpaired) electrons. The molecule has 0 N–H and O–H groups in total. The Hall–Kier alpha value is -0.170. The number of hydrogen-bond acceptors (Lipinski definition) is 4. The fourth-order valence-electron chi connectivity index (χ4n) is 6.48. The van der Waals surface area contributed by atoms with Crippen LogP contribution in [0.15, 0.2) is 47.6 Å². The van der Waals surface area contributed by atoms with E-state index in [4.69, 9.17) is 4.18 Å². The number of fused-ring (bicyclic) bond motifs is 1. The third kappa shape index (κ3) is 7.43. The molecule has 3 rings (SSSR count). The average Bonchev–Trinajstić information content (AvgIpc) is 3.08. The van der Waals surface area contributed by atoms with Gasteiger partial charge in [0.2, 0.25) is 10.4 Å². The van der Waals surface area contributed by atoms with Crippen molar-refractivity contribution in [2.75, 3.05) is 0 Å². The van der Waals surface area contributed by atoms with E-state index >= 15 is 0 Å². The van der Waals surface area contributed by atoms with E-state index in [-0.39, 0.29) is 29.6 Å². The molecule has 0 bridgehead atoms. The molecule has 4 nitrogen and oxygen atoms in total. The Labute approximate surface area is 230 Å². The largest absolute Gasteiger partial charge is 1.00 e. The molecule has 0 aromatic rings. The van der Waals surface area contributed by atoms with Gasteiger partial charge >= 0.3 is 29.6 Å². The van der Waals surface area contributed by atoms with E-state index in [1.807, 2.05) is 0 Å². The molecule has 3 fully saturated rings. The Kier molecular flexibility index (Phi) is 10.9. The number of rotatable bonds is 7. The van der Waals surface area contributed by atoms with Crippen molar-refractivity contribution in [3.8, 4) is 0 Å². The van der Waals surface area contributed by atoms with Crippen molar-refractivity contribution in [1.29, 1.82) is 0 Å². The molecular formula is C28H43NaO4S. The second-order valence-electron chi connectivity index (χ2n) is 11.3. The van der Waals surface area contributed by atoms with E-state index in [1.165, 1.54) is 31.3 Å². The number of hydrogen-bond donors (Lipinski definition) is 0. The first-order valence-electron chi connectivity index (χ1n) is 12.8. The first-order chi connectivity index (χ1) is 15.4. The van der Waals surface area contributed by atoms with E-state index in [2.05, 4.69) is 65.5 Å². The van der Waals surface area contributed by atoms with Gasteiger partial charge in [-0.15, -0.1) is 0 Å². The molecule has 3 saturated carbocycles. The van der Waals surface area contributed by atoms with Gasteiger partial charge in [0.05, 0.1) is 6.10 Å². The Morgan fingerprint density at radius 2 is 1.79 bits per heavy atom. The quantitative estimate of drug-likeness (QED) is 0.229. The summed E-state index contributed by atoms with van der Waals surface area (Å²) in [5.41, 5.74) is 3.90. The van der Waals surface area contributed by atoms with Crippen molar-refractivity contribution in [3.63, 3.8) is 0 Å². The van der Waals surface area contributed by atoms with Crippen molar-refractivity contribution in [2.24, 2.45) is 35.0 Å². The van der Waals surface area contributed by atoms with Crippen molar-refractivity contribution in [3.05, 3.63) is 47.6 Å². The molecule has 0 aromatic heterocycles. The van der Waals surface area contributed by atoms with Gasteiger partial charge in [0.15, 0.2) is 0 Å². The molecule has 0 spiro atoms. The molecule has 34 heavy (non-hydrogen) atoms. The topological polar surface area (TPSA) is 66.4 Å². The van der Waals surface area contributed by atoms with Crippen LogP contribution < -0.4 is 29.6 Å². The van der Waals surface area contributed by atoms with Gasteiger partial charge in [0, 0.05) is 6.42 Å². The van der Waals surface area contributed by atoms with Crippen LogP contribution in [0.1, 0.15) is 86.0 Å². The van der Waals surface area contributed by atoms with Crippen molar-refractivity contribution in [1.82, 2.24) is 0 Å². The molecule has 0 amide bonds. The summed E-state index contributed by atoms with van der Waals surface area (Å²) in [6.07, 6.45) is 16.5. The van der Waals surface area contributed by atoms with Gasteiger partial charge in [-0.05, 0) is 85.5 Å². The minimum atomic E-state index is -4.68. The summed E-state index contributed by atoms with van der Waals surface area (Å²) in [6.45, 7) is 16.0. The molecule has 3 aliphatic rings. The Morgan fingerprint density at radius 3 is 2.44 bits per heavy atom. The summed E-state index contributed by atoms with van der Waals surface area (Å²) < 4.78 is 37.8. The van der Waals surface area contributed by atoms with Gasteiger partial charge in [0.1, 0.15) is 0 Å². The molecule has 6 atom stereocenters. The van der Waals surface area contributed by atoms with Crippen LogP contribution in [0.5, 0.6) is 0 Å². The van der Waals surface area contributed by atoms with E-state index in [0.29, 0.717) is 54.3 Å². The third-order valence-corrected chi connectivity index (χ3v) is 9.37. The second-order valence-corrected chi connectivity index (χ2v) is 12.4. The van der Waals surface area contributed by atoms with Crippen LogP contribution in [0, 0.1) is 35.0 Å². The first-order valence-corrected chi connectivity index (χ1v) is 14.1. The molecular weight excluding hydrogens is 455 g/mol. The first kappa shape index (κ1) is 30.1. The smallest absolute Gasteiger partial charge is 0.726 e. The Morgan fingerprint density at radius 1 is 1.09 bits per heavy atom. The maximum absolute atomic E-state index is 11.0. The van der Waals surface area contributed by atoms with Crippen molar-refractivity contribution in [2.45, 2.75) is 92.1 Å². The monoisotopic (exact) mass is 498 g/mol. The van der Waals surface area contributed by atoms with E-state index < -0.39 is 16.5 Å². The second kappa shape index (κ2) is 12.4. The molecule has 0 heterocycles. The van der Waals surface area contributed by atoms with Gasteiger partial charge in [0.25, 0.3) is 0 Å². The molecule has 0 aromatic carbocycles. The summed E-state index contributed by atoms with van der Waals surface area (Å²) in [5.74, 6) is 3.19. The fourth-order valence-corrected chi connectivity index (χ4v) is 6.98. The summed E-state index contributed by atoms with van der Waals surface area (Å²) in [7, 11) is -4.68. The zero-order valence-electron chi connectivity index (χ0n) is 22.2. The van der Waals surface area contributed by atoms with Crippen molar-refractivity contribution < 1.29 is 46.7 Å². The average molecular weight is 499 g/mol. The van der Waals surface area contributed by atoms with Crippen LogP contribution >= 0.6 is 0 Å².